The minimum atomic E-state index is -0.379. The first kappa shape index (κ1) is 23.6. The van der Waals surface area contributed by atoms with Crippen molar-refractivity contribution >= 4 is 29.3 Å². The highest BCUT2D eigenvalue weighted by molar-refractivity contribution is 6.31. The fourth-order valence-electron chi connectivity index (χ4n) is 5.33. The van der Waals surface area contributed by atoms with Crippen molar-refractivity contribution < 1.29 is 14.0 Å². The number of amides is 2. The number of amidine groups is 1. The number of hydrogen-bond acceptors (Lipinski definition) is 5. The lowest BCUT2D eigenvalue weighted by atomic mass is 9.80. The molecule has 2 N–H and O–H groups in total. The van der Waals surface area contributed by atoms with Crippen LogP contribution >= 0.6 is 11.6 Å². The molecule has 3 aliphatic rings. The molecule has 0 aromatic heterocycles. The molecule has 7 nitrogen and oxygen atoms in total. The molecule has 0 radical (unpaired) electrons. The second-order valence-electron chi connectivity index (χ2n) is 9.36. The van der Waals surface area contributed by atoms with Crippen LogP contribution in [-0.2, 0) is 22.7 Å². The van der Waals surface area contributed by atoms with Crippen molar-refractivity contribution in [1.82, 2.24) is 20.5 Å². The van der Waals surface area contributed by atoms with E-state index in [1.54, 1.807) is 12.1 Å². The molecule has 5 rings (SSSR count). The Morgan fingerprint density at radius 1 is 1.14 bits per heavy atom. The van der Waals surface area contributed by atoms with E-state index >= 15 is 0 Å². The summed E-state index contributed by atoms with van der Waals surface area (Å²) in [5, 5.41) is 8.09. The maximum Gasteiger partial charge on any atom is 0.231 e. The van der Waals surface area contributed by atoms with Crippen LogP contribution in [0.15, 0.2) is 53.6 Å². The number of hydrazone groups is 1. The number of carbonyl (C=O) groups is 2. The molecule has 3 atom stereocenters. The number of nitrogens with one attached hydrogen (secondary N) is 2. The van der Waals surface area contributed by atoms with Crippen LogP contribution in [0.2, 0.25) is 5.02 Å². The number of fused-ring (bicyclic) bond motifs is 3. The Bertz CT molecular complexity index is 1120. The molecule has 2 aromatic rings. The van der Waals surface area contributed by atoms with Crippen molar-refractivity contribution in [1.29, 1.82) is 0 Å². The van der Waals surface area contributed by atoms with Crippen molar-refractivity contribution in [3.05, 3.63) is 70.5 Å². The number of hydrogen-bond donors (Lipinski definition) is 2. The second-order valence-corrected chi connectivity index (χ2v) is 9.76. The third kappa shape index (κ3) is 4.98. The van der Waals surface area contributed by atoms with E-state index in [-0.39, 0.29) is 42.3 Å². The molecule has 2 amide bonds. The van der Waals surface area contributed by atoms with Crippen LogP contribution < -0.4 is 10.7 Å². The van der Waals surface area contributed by atoms with E-state index in [1.807, 2.05) is 29.2 Å². The number of halogens is 2. The molecule has 184 valence electrons. The van der Waals surface area contributed by atoms with Gasteiger partial charge in [-0.1, -0.05) is 54.8 Å². The van der Waals surface area contributed by atoms with E-state index < -0.39 is 0 Å². The molecule has 9 heteroatoms. The molecule has 3 unspecified atom stereocenters. The van der Waals surface area contributed by atoms with Crippen LogP contribution in [0, 0.1) is 11.7 Å². The summed E-state index contributed by atoms with van der Waals surface area (Å²) in [7, 11) is 0. The van der Waals surface area contributed by atoms with Crippen LogP contribution in [0.25, 0.3) is 0 Å². The lowest BCUT2D eigenvalue weighted by Gasteiger charge is -2.50. The summed E-state index contributed by atoms with van der Waals surface area (Å²) in [4.78, 5) is 30.1. The van der Waals surface area contributed by atoms with Gasteiger partial charge in [-0.15, -0.1) is 0 Å². The van der Waals surface area contributed by atoms with Gasteiger partial charge in [0.2, 0.25) is 11.8 Å². The average molecular weight is 498 g/mol. The first-order valence-electron chi connectivity index (χ1n) is 12.2. The summed E-state index contributed by atoms with van der Waals surface area (Å²) in [6.45, 7) is 0.748. The zero-order chi connectivity index (χ0) is 24.4. The zero-order valence-corrected chi connectivity index (χ0v) is 20.2. The summed E-state index contributed by atoms with van der Waals surface area (Å²) in [6.07, 6.45) is 4.28. The maximum absolute atomic E-state index is 13.5. The molecule has 0 spiro atoms. The van der Waals surface area contributed by atoms with Gasteiger partial charge in [0.25, 0.3) is 0 Å². The largest absolute Gasteiger partial charge is 0.352 e. The fraction of sp³-hybridized carbons (Fsp3) is 0.423. The number of nitrogens with zero attached hydrogens (tertiary/aromatic N) is 3. The van der Waals surface area contributed by atoms with Crippen molar-refractivity contribution in [3.8, 4) is 0 Å². The molecule has 2 aliphatic heterocycles. The predicted octanol–water partition coefficient (Wildman–Crippen LogP) is 3.98. The van der Waals surface area contributed by atoms with Gasteiger partial charge in [0.1, 0.15) is 11.7 Å². The predicted molar refractivity (Wildman–Crippen MR) is 131 cm³/mol. The highest BCUT2D eigenvalue weighted by atomic mass is 35.5. The average Bonchev–Trinajstić information content (AvgIpc) is 3.30. The first-order chi connectivity index (χ1) is 17.0. The summed E-state index contributed by atoms with van der Waals surface area (Å²) in [5.41, 5.74) is 4.90. The minimum absolute atomic E-state index is 0.0831. The minimum Gasteiger partial charge on any atom is -0.352 e. The number of rotatable bonds is 7. The van der Waals surface area contributed by atoms with Crippen molar-refractivity contribution in [2.24, 2.45) is 11.0 Å². The Morgan fingerprint density at radius 3 is 2.71 bits per heavy atom. The monoisotopic (exact) mass is 497 g/mol. The Hall–Kier alpha value is -3.13. The van der Waals surface area contributed by atoms with Gasteiger partial charge >= 0.3 is 0 Å². The molecule has 0 bridgehead atoms. The van der Waals surface area contributed by atoms with Gasteiger partial charge in [-0.2, -0.15) is 5.10 Å². The van der Waals surface area contributed by atoms with Crippen LogP contribution in [0.4, 0.5) is 4.39 Å². The summed E-state index contributed by atoms with van der Waals surface area (Å²) in [5.74, 6) is 0.463. The number of carbonyl (C=O) groups excluding carboxylic acids is 2. The van der Waals surface area contributed by atoms with Crippen LogP contribution in [-0.4, -0.2) is 39.8 Å². The quantitative estimate of drug-likeness (QED) is 0.606. The summed E-state index contributed by atoms with van der Waals surface area (Å²) < 4.78 is 13.1. The van der Waals surface area contributed by atoms with Crippen LogP contribution in [0.5, 0.6) is 0 Å². The second kappa shape index (κ2) is 10.2. The van der Waals surface area contributed by atoms with E-state index in [0.29, 0.717) is 24.5 Å². The van der Waals surface area contributed by atoms with Crippen molar-refractivity contribution in [3.63, 3.8) is 0 Å². The molecule has 1 aliphatic carbocycles. The molecule has 35 heavy (non-hydrogen) atoms. The molecule has 2 fully saturated rings. The maximum atomic E-state index is 13.5. The third-order valence-electron chi connectivity index (χ3n) is 7.13. The third-order valence-corrected chi connectivity index (χ3v) is 7.50. The first-order valence-corrected chi connectivity index (χ1v) is 12.5. The van der Waals surface area contributed by atoms with Gasteiger partial charge in [0.15, 0.2) is 6.29 Å². The fourth-order valence-corrected chi connectivity index (χ4v) is 5.52. The Balaban J connectivity index is 1.26. The van der Waals surface area contributed by atoms with Gasteiger partial charge in [-0.25, -0.2) is 4.39 Å². The van der Waals surface area contributed by atoms with Crippen molar-refractivity contribution in [2.75, 3.05) is 0 Å². The summed E-state index contributed by atoms with van der Waals surface area (Å²) >= 11 is 6.40. The molecular formula is C26H29ClFN5O2. The zero-order valence-electron chi connectivity index (χ0n) is 19.4. The van der Waals surface area contributed by atoms with Crippen LogP contribution in [0.1, 0.15) is 49.7 Å². The summed E-state index contributed by atoms with van der Waals surface area (Å²) in [6, 6.07) is 13.7. The van der Waals surface area contributed by atoms with E-state index in [4.69, 9.17) is 11.6 Å². The van der Waals surface area contributed by atoms with Gasteiger partial charge in [0, 0.05) is 30.5 Å². The van der Waals surface area contributed by atoms with Crippen molar-refractivity contribution in [2.45, 2.75) is 63.9 Å². The molecular weight excluding hydrogens is 469 g/mol. The molecule has 2 aromatic carbocycles. The lowest BCUT2D eigenvalue weighted by molar-refractivity contribution is -0.156. The lowest BCUT2D eigenvalue weighted by Crippen LogP contribution is -2.67. The highest BCUT2D eigenvalue weighted by Gasteiger charge is 2.50. The van der Waals surface area contributed by atoms with Gasteiger partial charge in [0.05, 0.1) is 12.5 Å². The van der Waals surface area contributed by atoms with Gasteiger partial charge < -0.3 is 10.2 Å². The van der Waals surface area contributed by atoms with E-state index in [1.165, 1.54) is 12.1 Å². The topological polar surface area (TPSA) is 77.0 Å². The molecule has 2 heterocycles. The highest BCUT2D eigenvalue weighted by Crippen LogP contribution is 2.38. The SMILES string of the molecule is O=C(CCC1=NNC2N(Cc3ccccc3Cl)C(=O)C3CCCCC3N12)NCc1ccc(F)cc1. The Morgan fingerprint density at radius 2 is 1.91 bits per heavy atom. The van der Waals surface area contributed by atoms with Gasteiger partial charge in [-0.3, -0.25) is 19.9 Å². The van der Waals surface area contributed by atoms with Gasteiger partial charge in [-0.05, 0) is 42.2 Å². The van der Waals surface area contributed by atoms with E-state index in [0.717, 1.165) is 42.6 Å². The molecule has 1 saturated carbocycles. The Labute approximate surface area is 209 Å². The normalized spacial score (nSPS) is 23.3. The number of benzene rings is 2. The van der Waals surface area contributed by atoms with E-state index in [9.17, 15) is 14.0 Å². The Kier molecular flexibility index (Phi) is 6.90. The smallest absolute Gasteiger partial charge is 0.231 e. The van der Waals surface area contributed by atoms with E-state index in [2.05, 4.69) is 20.7 Å². The standard InChI is InChI=1S/C26H29ClFN5O2/c27-21-7-3-1-5-18(21)16-32-25(35)20-6-2-4-8-22(20)33-23(30-31-26(32)33)13-14-24(34)29-15-17-9-11-19(28)12-10-17/h1,3,5,7,9-12,20,22,26,31H,2,4,6,8,13-16H2,(H,29,34). The van der Waals surface area contributed by atoms with Crippen LogP contribution in [0.3, 0.4) is 0 Å². The molecule has 1 saturated heterocycles.